The Morgan fingerprint density at radius 3 is 2.51 bits per heavy atom. The molecule has 39 heavy (non-hydrogen) atoms. The standard InChI is InChI=1S/C26H26FN5O7/c1-15(23(33)28-17-4-2-16(3-5-17)22-29-26(36)39-30-22)21-25(35)32(10-13-38-21)18-6-7-20(27)19(14-18)24(34)31-8-11-37-12-9-31/h2-7,14-15,21H,8-13H2,1H3,(H,28,33)(H,29,30,36). The highest BCUT2D eigenvalue weighted by Gasteiger charge is 2.38. The number of anilines is 2. The SMILES string of the molecule is CC(C(=O)Nc1ccc(-c2noc(=O)[nH]2)cc1)C1OCCN(c2ccc(F)c(C(=O)N3CCOCC3)c2)C1=O. The summed E-state index contributed by atoms with van der Waals surface area (Å²) < 4.78 is 30.0. The number of aromatic amines is 1. The number of carbonyl (C=O) groups is 3. The number of nitrogens with zero attached hydrogens (tertiary/aromatic N) is 3. The topological polar surface area (TPSA) is 147 Å². The van der Waals surface area contributed by atoms with Crippen LogP contribution in [-0.4, -0.2) is 78.3 Å². The highest BCUT2D eigenvalue weighted by atomic mass is 19.1. The molecule has 2 atom stereocenters. The average molecular weight is 540 g/mol. The largest absolute Gasteiger partial charge is 0.439 e. The summed E-state index contributed by atoms with van der Waals surface area (Å²) in [4.78, 5) is 55.7. The van der Waals surface area contributed by atoms with Crippen LogP contribution in [0.4, 0.5) is 15.8 Å². The van der Waals surface area contributed by atoms with E-state index >= 15 is 0 Å². The second kappa shape index (κ2) is 11.2. The minimum atomic E-state index is -1.08. The quantitative estimate of drug-likeness (QED) is 0.481. The van der Waals surface area contributed by atoms with E-state index in [4.69, 9.17) is 9.47 Å². The van der Waals surface area contributed by atoms with E-state index < -0.39 is 41.3 Å². The average Bonchev–Trinajstić information content (AvgIpc) is 3.40. The summed E-state index contributed by atoms with van der Waals surface area (Å²) in [5, 5.41) is 6.36. The van der Waals surface area contributed by atoms with Crippen molar-refractivity contribution in [3.05, 3.63) is 64.4 Å². The van der Waals surface area contributed by atoms with Crippen molar-refractivity contribution in [1.82, 2.24) is 15.0 Å². The third-order valence-corrected chi connectivity index (χ3v) is 6.65. The van der Waals surface area contributed by atoms with Gasteiger partial charge in [-0.2, -0.15) is 0 Å². The van der Waals surface area contributed by atoms with Crippen molar-refractivity contribution >= 4 is 29.1 Å². The summed E-state index contributed by atoms with van der Waals surface area (Å²) in [6.07, 6.45) is -1.08. The van der Waals surface area contributed by atoms with Crippen LogP contribution in [0.3, 0.4) is 0 Å². The van der Waals surface area contributed by atoms with Crippen LogP contribution in [0, 0.1) is 11.7 Å². The van der Waals surface area contributed by atoms with Gasteiger partial charge in [-0.05, 0) is 42.5 Å². The molecule has 13 heteroatoms. The van der Waals surface area contributed by atoms with Gasteiger partial charge in [0.1, 0.15) is 11.9 Å². The Bertz CT molecular complexity index is 1430. The number of morpholine rings is 2. The van der Waals surface area contributed by atoms with E-state index in [9.17, 15) is 23.6 Å². The summed E-state index contributed by atoms with van der Waals surface area (Å²) in [7, 11) is 0. The van der Waals surface area contributed by atoms with Gasteiger partial charge >= 0.3 is 5.76 Å². The summed E-state index contributed by atoms with van der Waals surface area (Å²) >= 11 is 0. The highest BCUT2D eigenvalue weighted by molar-refractivity contribution is 6.03. The second-order valence-electron chi connectivity index (χ2n) is 9.15. The molecule has 2 saturated heterocycles. The van der Waals surface area contributed by atoms with Gasteiger partial charge in [-0.3, -0.25) is 23.9 Å². The highest BCUT2D eigenvalue weighted by Crippen LogP contribution is 2.26. The van der Waals surface area contributed by atoms with Crippen molar-refractivity contribution in [3.63, 3.8) is 0 Å². The zero-order valence-corrected chi connectivity index (χ0v) is 21.0. The predicted octanol–water partition coefficient (Wildman–Crippen LogP) is 1.65. The Kier molecular flexibility index (Phi) is 7.52. The van der Waals surface area contributed by atoms with Crippen molar-refractivity contribution < 1.29 is 32.8 Å². The summed E-state index contributed by atoms with van der Waals surface area (Å²) in [6.45, 7) is 3.39. The van der Waals surface area contributed by atoms with Crippen LogP contribution in [0.15, 0.2) is 51.8 Å². The summed E-state index contributed by atoms with van der Waals surface area (Å²) in [5.74, 6) is -3.34. The van der Waals surface area contributed by atoms with Crippen LogP contribution in [0.2, 0.25) is 0 Å². The molecule has 3 aromatic rings. The molecule has 3 amide bonds. The zero-order valence-electron chi connectivity index (χ0n) is 21.0. The van der Waals surface area contributed by atoms with E-state index in [-0.39, 0.29) is 24.5 Å². The fourth-order valence-electron chi connectivity index (χ4n) is 4.46. The molecule has 2 aliphatic rings. The number of H-pyrrole nitrogens is 1. The molecular weight excluding hydrogens is 513 g/mol. The van der Waals surface area contributed by atoms with Crippen LogP contribution in [0.1, 0.15) is 17.3 Å². The molecule has 2 aliphatic heterocycles. The minimum Gasteiger partial charge on any atom is -0.378 e. The molecule has 2 unspecified atom stereocenters. The smallest absolute Gasteiger partial charge is 0.378 e. The van der Waals surface area contributed by atoms with Gasteiger partial charge in [0, 0.05) is 36.6 Å². The lowest BCUT2D eigenvalue weighted by Crippen LogP contribution is -2.52. The number of aromatic nitrogens is 2. The maximum absolute atomic E-state index is 14.6. The van der Waals surface area contributed by atoms with Crippen LogP contribution >= 0.6 is 0 Å². The first kappa shape index (κ1) is 26.3. The van der Waals surface area contributed by atoms with E-state index in [2.05, 4.69) is 20.0 Å². The van der Waals surface area contributed by atoms with Crippen molar-refractivity contribution in [3.8, 4) is 11.4 Å². The Balaban J connectivity index is 1.27. The molecule has 2 fully saturated rings. The van der Waals surface area contributed by atoms with E-state index in [1.165, 1.54) is 21.9 Å². The van der Waals surface area contributed by atoms with Gasteiger partial charge in [-0.1, -0.05) is 12.1 Å². The Labute approximate surface area is 221 Å². The van der Waals surface area contributed by atoms with E-state index in [0.29, 0.717) is 43.2 Å². The number of carbonyl (C=O) groups excluding carboxylic acids is 3. The molecule has 0 radical (unpaired) electrons. The normalized spacial score (nSPS) is 18.6. The number of hydrogen-bond acceptors (Lipinski definition) is 8. The number of amides is 3. The van der Waals surface area contributed by atoms with Crippen molar-refractivity contribution in [1.29, 1.82) is 0 Å². The third-order valence-electron chi connectivity index (χ3n) is 6.65. The number of benzene rings is 2. The minimum absolute atomic E-state index is 0.130. The Morgan fingerprint density at radius 1 is 1.08 bits per heavy atom. The van der Waals surface area contributed by atoms with Crippen LogP contribution < -0.4 is 16.0 Å². The van der Waals surface area contributed by atoms with Crippen molar-refractivity contribution in [2.24, 2.45) is 5.92 Å². The van der Waals surface area contributed by atoms with Gasteiger partial charge in [-0.15, -0.1) is 0 Å². The molecular formula is C26H26FN5O7. The number of rotatable bonds is 6. The van der Waals surface area contributed by atoms with Gasteiger partial charge in [0.25, 0.3) is 11.8 Å². The van der Waals surface area contributed by atoms with E-state index in [1.54, 1.807) is 31.2 Å². The zero-order chi connectivity index (χ0) is 27.5. The molecule has 0 aliphatic carbocycles. The second-order valence-corrected chi connectivity index (χ2v) is 9.15. The molecule has 2 N–H and O–H groups in total. The number of hydrogen-bond donors (Lipinski definition) is 2. The lowest BCUT2D eigenvalue weighted by atomic mass is 10.00. The molecule has 0 bridgehead atoms. The molecule has 3 heterocycles. The van der Waals surface area contributed by atoms with Gasteiger partial charge in [-0.25, -0.2) is 9.18 Å². The Morgan fingerprint density at radius 2 is 1.82 bits per heavy atom. The fraction of sp³-hybridized carbons (Fsp3) is 0.346. The van der Waals surface area contributed by atoms with Crippen molar-refractivity contribution in [2.75, 3.05) is 49.7 Å². The van der Waals surface area contributed by atoms with Gasteiger partial charge in [0.05, 0.1) is 31.3 Å². The summed E-state index contributed by atoms with van der Waals surface area (Å²) in [6, 6.07) is 10.5. The monoisotopic (exact) mass is 539 g/mol. The first-order valence-corrected chi connectivity index (χ1v) is 12.4. The first-order valence-electron chi connectivity index (χ1n) is 12.4. The van der Waals surface area contributed by atoms with Crippen molar-refractivity contribution in [2.45, 2.75) is 13.0 Å². The third kappa shape index (κ3) is 5.59. The lowest BCUT2D eigenvalue weighted by molar-refractivity contribution is -0.143. The molecule has 5 rings (SSSR count). The Hall–Kier alpha value is -4.36. The molecule has 1 aromatic heterocycles. The molecule has 204 valence electrons. The number of halogens is 1. The number of nitrogens with one attached hydrogen (secondary N) is 2. The summed E-state index contributed by atoms with van der Waals surface area (Å²) in [5.41, 5.74) is 1.26. The van der Waals surface area contributed by atoms with Crippen LogP contribution in [0.5, 0.6) is 0 Å². The van der Waals surface area contributed by atoms with Gasteiger partial charge in [0.2, 0.25) is 5.91 Å². The van der Waals surface area contributed by atoms with Gasteiger partial charge in [0.15, 0.2) is 5.82 Å². The van der Waals surface area contributed by atoms with Crippen LogP contribution in [0.25, 0.3) is 11.4 Å². The van der Waals surface area contributed by atoms with E-state index in [0.717, 1.165) is 6.07 Å². The maximum atomic E-state index is 14.6. The molecule has 12 nitrogen and oxygen atoms in total. The van der Waals surface area contributed by atoms with Crippen LogP contribution in [-0.2, 0) is 19.1 Å². The first-order chi connectivity index (χ1) is 18.8. The predicted molar refractivity (Wildman–Crippen MR) is 136 cm³/mol. The fourth-order valence-corrected chi connectivity index (χ4v) is 4.46. The van der Waals surface area contributed by atoms with E-state index in [1.807, 2.05) is 0 Å². The molecule has 2 aromatic carbocycles. The van der Waals surface area contributed by atoms with Gasteiger partial charge < -0.3 is 24.6 Å². The molecule has 0 saturated carbocycles. The maximum Gasteiger partial charge on any atom is 0.439 e. The lowest BCUT2D eigenvalue weighted by Gasteiger charge is -2.35. The number of ether oxygens (including phenoxy) is 2. The molecule has 0 spiro atoms.